The van der Waals surface area contributed by atoms with E-state index < -0.39 is 0 Å². The molecule has 1 aliphatic carbocycles. The summed E-state index contributed by atoms with van der Waals surface area (Å²) in [6.45, 7) is 4.27. The van der Waals surface area contributed by atoms with Gasteiger partial charge in [-0.2, -0.15) is 0 Å². The van der Waals surface area contributed by atoms with Crippen LogP contribution in [0.1, 0.15) is 24.0 Å². The van der Waals surface area contributed by atoms with Crippen molar-refractivity contribution in [3.63, 3.8) is 0 Å². The molecule has 1 aliphatic rings. The molecule has 0 bridgehead atoms. The number of amides is 1. The SMILES string of the molecule is Cc1cc(C)c(NCC(=O)NC2CC2)c(Cl)c1. The number of benzene rings is 1. The van der Waals surface area contributed by atoms with Crippen LogP contribution in [0.5, 0.6) is 0 Å². The monoisotopic (exact) mass is 252 g/mol. The number of rotatable bonds is 4. The van der Waals surface area contributed by atoms with E-state index in [1.54, 1.807) is 0 Å². The van der Waals surface area contributed by atoms with Crippen LogP contribution in [0.4, 0.5) is 5.69 Å². The minimum Gasteiger partial charge on any atom is -0.375 e. The van der Waals surface area contributed by atoms with E-state index >= 15 is 0 Å². The van der Waals surface area contributed by atoms with Crippen molar-refractivity contribution in [1.29, 1.82) is 0 Å². The van der Waals surface area contributed by atoms with Crippen molar-refractivity contribution in [2.75, 3.05) is 11.9 Å². The Hall–Kier alpha value is -1.22. The maximum atomic E-state index is 11.5. The van der Waals surface area contributed by atoms with Gasteiger partial charge in [-0.3, -0.25) is 4.79 Å². The highest BCUT2D eigenvalue weighted by atomic mass is 35.5. The van der Waals surface area contributed by atoms with Gasteiger partial charge < -0.3 is 10.6 Å². The third-order valence-electron chi connectivity index (χ3n) is 2.80. The summed E-state index contributed by atoms with van der Waals surface area (Å²) in [6, 6.07) is 4.35. The van der Waals surface area contributed by atoms with Crippen LogP contribution in [-0.2, 0) is 4.79 Å². The summed E-state index contributed by atoms with van der Waals surface area (Å²) < 4.78 is 0. The molecule has 1 saturated carbocycles. The van der Waals surface area contributed by atoms with Crippen molar-refractivity contribution in [3.8, 4) is 0 Å². The van der Waals surface area contributed by atoms with Crippen molar-refractivity contribution in [1.82, 2.24) is 5.32 Å². The van der Waals surface area contributed by atoms with Crippen LogP contribution in [0.25, 0.3) is 0 Å². The van der Waals surface area contributed by atoms with Gasteiger partial charge in [0.15, 0.2) is 0 Å². The second-order valence-corrected chi connectivity index (χ2v) is 5.04. The summed E-state index contributed by atoms with van der Waals surface area (Å²) in [6.07, 6.45) is 2.21. The molecule has 1 amide bonds. The standard InChI is InChI=1S/C13H17ClN2O/c1-8-5-9(2)13(11(14)6-8)15-7-12(17)16-10-3-4-10/h5-6,10,15H,3-4,7H2,1-2H3,(H,16,17). The van der Waals surface area contributed by atoms with Gasteiger partial charge in [-0.1, -0.05) is 17.7 Å². The summed E-state index contributed by atoms with van der Waals surface area (Å²) in [5.74, 6) is 0.0311. The fourth-order valence-electron chi connectivity index (χ4n) is 1.81. The van der Waals surface area contributed by atoms with E-state index in [9.17, 15) is 4.79 Å². The van der Waals surface area contributed by atoms with Gasteiger partial charge in [-0.05, 0) is 43.9 Å². The lowest BCUT2D eigenvalue weighted by atomic mass is 10.1. The zero-order valence-electron chi connectivity index (χ0n) is 10.1. The van der Waals surface area contributed by atoms with Crippen molar-refractivity contribution >= 4 is 23.2 Å². The van der Waals surface area contributed by atoms with Gasteiger partial charge in [-0.15, -0.1) is 0 Å². The molecular weight excluding hydrogens is 236 g/mol. The van der Waals surface area contributed by atoms with Crippen LogP contribution in [0.3, 0.4) is 0 Å². The summed E-state index contributed by atoms with van der Waals surface area (Å²) in [7, 11) is 0. The number of carbonyl (C=O) groups excluding carboxylic acids is 1. The molecule has 0 atom stereocenters. The van der Waals surface area contributed by atoms with Crippen LogP contribution in [0, 0.1) is 13.8 Å². The van der Waals surface area contributed by atoms with E-state index in [1.807, 2.05) is 26.0 Å². The molecule has 92 valence electrons. The molecule has 2 N–H and O–H groups in total. The zero-order valence-corrected chi connectivity index (χ0v) is 10.9. The normalized spacial score (nSPS) is 14.5. The Balaban J connectivity index is 1.95. The predicted octanol–water partition coefficient (Wildman–Crippen LogP) is 2.65. The molecule has 3 nitrogen and oxygen atoms in total. The summed E-state index contributed by atoms with van der Waals surface area (Å²) >= 11 is 6.14. The van der Waals surface area contributed by atoms with Crippen molar-refractivity contribution < 1.29 is 4.79 Å². The molecule has 1 aromatic rings. The highest BCUT2D eigenvalue weighted by Crippen LogP contribution is 2.27. The van der Waals surface area contributed by atoms with Crippen LogP contribution < -0.4 is 10.6 Å². The van der Waals surface area contributed by atoms with Crippen LogP contribution in [0.2, 0.25) is 5.02 Å². The number of hydrogen-bond acceptors (Lipinski definition) is 2. The molecule has 2 rings (SSSR count). The van der Waals surface area contributed by atoms with Crippen molar-refractivity contribution in [3.05, 3.63) is 28.3 Å². The molecular formula is C13H17ClN2O. The highest BCUT2D eigenvalue weighted by molar-refractivity contribution is 6.33. The molecule has 0 radical (unpaired) electrons. The number of aryl methyl sites for hydroxylation is 2. The van der Waals surface area contributed by atoms with Crippen LogP contribution >= 0.6 is 11.6 Å². The van der Waals surface area contributed by atoms with Crippen molar-refractivity contribution in [2.24, 2.45) is 0 Å². The Morgan fingerprint density at radius 1 is 1.41 bits per heavy atom. The quantitative estimate of drug-likeness (QED) is 0.865. The smallest absolute Gasteiger partial charge is 0.239 e. The average Bonchev–Trinajstić information content (AvgIpc) is 2.99. The first-order valence-electron chi connectivity index (χ1n) is 5.86. The summed E-state index contributed by atoms with van der Waals surface area (Å²) in [5.41, 5.74) is 3.04. The Kier molecular flexibility index (Phi) is 3.57. The van der Waals surface area contributed by atoms with E-state index in [0.717, 1.165) is 29.7 Å². The molecule has 4 heteroatoms. The first-order valence-corrected chi connectivity index (χ1v) is 6.24. The average molecular weight is 253 g/mol. The number of hydrogen-bond donors (Lipinski definition) is 2. The minimum atomic E-state index is 0.0311. The van der Waals surface area contributed by atoms with Crippen LogP contribution in [-0.4, -0.2) is 18.5 Å². The molecule has 1 aromatic carbocycles. The van der Waals surface area contributed by atoms with Gasteiger partial charge >= 0.3 is 0 Å². The van der Waals surface area contributed by atoms with Gasteiger partial charge in [0, 0.05) is 6.04 Å². The molecule has 0 spiro atoms. The maximum Gasteiger partial charge on any atom is 0.239 e. The van der Waals surface area contributed by atoms with Gasteiger partial charge in [0.05, 0.1) is 17.3 Å². The number of carbonyl (C=O) groups is 1. The topological polar surface area (TPSA) is 41.1 Å². The van der Waals surface area contributed by atoms with Crippen molar-refractivity contribution in [2.45, 2.75) is 32.7 Å². The molecule has 0 unspecified atom stereocenters. The lowest BCUT2D eigenvalue weighted by molar-refractivity contribution is -0.119. The first-order chi connectivity index (χ1) is 8.06. The van der Waals surface area contributed by atoms with E-state index in [0.29, 0.717) is 11.1 Å². The van der Waals surface area contributed by atoms with E-state index in [-0.39, 0.29) is 12.5 Å². The van der Waals surface area contributed by atoms with E-state index in [4.69, 9.17) is 11.6 Å². The molecule has 0 aliphatic heterocycles. The highest BCUT2D eigenvalue weighted by Gasteiger charge is 2.22. The Morgan fingerprint density at radius 2 is 2.12 bits per heavy atom. The Labute approximate surface area is 107 Å². The molecule has 1 fully saturated rings. The summed E-state index contributed by atoms with van der Waals surface area (Å²) in [5, 5.41) is 6.70. The first kappa shape index (κ1) is 12.2. The Bertz CT molecular complexity index is 418. The summed E-state index contributed by atoms with van der Waals surface area (Å²) in [4.78, 5) is 11.5. The largest absolute Gasteiger partial charge is 0.375 e. The van der Waals surface area contributed by atoms with Gasteiger partial charge in [0.2, 0.25) is 5.91 Å². The van der Waals surface area contributed by atoms with Gasteiger partial charge in [0.1, 0.15) is 0 Å². The second kappa shape index (κ2) is 4.96. The number of anilines is 1. The fourth-order valence-corrected chi connectivity index (χ4v) is 2.20. The number of nitrogens with one attached hydrogen (secondary N) is 2. The lowest BCUT2D eigenvalue weighted by Gasteiger charge is -2.12. The predicted molar refractivity (Wildman–Crippen MR) is 70.6 cm³/mol. The van der Waals surface area contributed by atoms with Crippen LogP contribution in [0.15, 0.2) is 12.1 Å². The Morgan fingerprint density at radius 3 is 2.71 bits per heavy atom. The second-order valence-electron chi connectivity index (χ2n) is 4.63. The molecule has 17 heavy (non-hydrogen) atoms. The third kappa shape index (κ3) is 3.37. The van der Waals surface area contributed by atoms with E-state index in [1.165, 1.54) is 0 Å². The van der Waals surface area contributed by atoms with Gasteiger partial charge in [0.25, 0.3) is 0 Å². The lowest BCUT2D eigenvalue weighted by Crippen LogP contribution is -2.31. The zero-order chi connectivity index (χ0) is 12.4. The number of halogens is 1. The molecule has 0 heterocycles. The third-order valence-corrected chi connectivity index (χ3v) is 3.10. The molecule has 0 aromatic heterocycles. The minimum absolute atomic E-state index is 0.0311. The molecule has 0 saturated heterocycles. The van der Waals surface area contributed by atoms with E-state index in [2.05, 4.69) is 10.6 Å². The van der Waals surface area contributed by atoms with Gasteiger partial charge in [-0.25, -0.2) is 0 Å². The maximum absolute atomic E-state index is 11.5. The fraction of sp³-hybridized carbons (Fsp3) is 0.462.